The highest BCUT2D eigenvalue weighted by atomic mass is 32.2. The fraction of sp³-hybridized carbons (Fsp3) is 0.0909. The number of carbonyl (C=O) groups excluding carboxylic acids is 2. The third kappa shape index (κ3) is 5.46. The molecular formula is C22H20N2O2S. The van der Waals surface area contributed by atoms with E-state index in [1.54, 1.807) is 23.9 Å². The van der Waals surface area contributed by atoms with Crippen molar-refractivity contribution in [3.05, 3.63) is 90.0 Å². The highest BCUT2D eigenvalue weighted by molar-refractivity contribution is 7.99. The molecule has 0 radical (unpaired) electrons. The first-order chi connectivity index (χ1) is 13.1. The average molecular weight is 376 g/mol. The highest BCUT2D eigenvalue weighted by Crippen LogP contribution is 2.33. The van der Waals surface area contributed by atoms with Crippen LogP contribution in [0.5, 0.6) is 0 Å². The maximum Gasteiger partial charge on any atom is 0.255 e. The molecule has 27 heavy (non-hydrogen) atoms. The SMILES string of the molecule is CC(=O)NCc1ccc(C(=O)Nc2ccccc2Sc2ccccc2)cc1. The first-order valence-corrected chi connectivity index (χ1v) is 9.40. The Hall–Kier alpha value is -3.05. The minimum Gasteiger partial charge on any atom is -0.352 e. The summed E-state index contributed by atoms with van der Waals surface area (Å²) in [5.41, 5.74) is 2.29. The second-order valence-corrected chi connectivity index (χ2v) is 7.09. The quantitative estimate of drug-likeness (QED) is 0.654. The van der Waals surface area contributed by atoms with Gasteiger partial charge in [0, 0.05) is 28.8 Å². The van der Waals surface area contributed by atoms with E-state index >= 15 is 0 Å². The smallest absolute Gasteiger partial charge is 0.255 e. The van der Waals surface area contributed by atoms with Crippen molar-refractivity contribution in [2.75, 3.05) is 5.32 Å². The average Bonchev–Trinajstić information content (AvgIpc) is 2.69. The van der Waals surface area contributed by atoms with E-state index in [0.717, 1.165) is 21.0 Å². The van der Waals surface area contributed by atoms with Gasteiger partial charge in [0.2, 0.25) is 5.91 Å². The third-order valence-electron chi connectivity index (χ3n) is 3.86. The summed E-state index contributed by atoms with van der Waals surface area (Å²) in [6, 6.07) is 25.0. The van der Waals surface area contributed by atoms with Crippen molar-refractivity contribution in [3.8, 4) is 0 Å². The van der Waals surface area contributed by atoms with E-state index in [2.05, 4.69) is 10.6 Å². The number of benzene rings is 3. The molecule has 0 fully saturated rings. The molecule has 0 atom stereocenters. The van der Waals surface area contributed by atoms with Gasteiger partial charge in [-0.3, -0.25) is 9.59 Å². The van der Waals surface area contributed by atoms with Gasteiger partial charge in [-0.2, -0.15) is 0 Å². The summed E-state index contributed by atoms with van der Waals surface area (Å²) < 4.78 is 0. The Labute approximate surface area is 163 Å². The van der Waals surface area contributed by atoms with E-state index in [9.17, 15) is 9.59 Å². The van der Waals surface area contributed by atoms with E-state index in [4.69, 9.17) is 0 Å². The molecule has 0 aliphatic carbocycles. The summed E-state index contributed by atoms with van der Waals surface area (Å²) in [6.45, 7) is 1.93. The van der Waals surface area contributed by atoms with Crippen LogP contribution < -0.4 is 10.6 Å². The van der Waals surface area contributed by atoms with Crippen LogP contribution in [0.2, 0.25) is 0 Å². The van der Waals surface area contributed by atoms with Crippen LogP contribution in [0.4, 0.5) is 5.69 Å². The normalized spacial score (nSPS) is 10.3. The highest BCUT2D eigenvalue weighted by Gasteiger charge is 2.10. The molecule has 0 saturated carbocycles. The van der Waals surface area contributed by atoms with E-state index < -0.39 is 0 Å². The molecule has 0 aliphatic heterocycles. The molecule has 0 aliphatic rings. The molecule has 0 aromatic heterocycles. The topological polar surface area (TPSA) is 58.2 Å². The van der Waals surface area contributed by atoms with Gasteiger partial charge in [-0.15, -0.1) is 0 Å². The van der Waals surface area contributed by atoms with Gasteiger partial charge in [-0.25, -0.2) is 0 Å². The predicted octanol–water partition coefficient (Wildman–Crippen LogP) is 4.73. The van der Waals surface area contributed by atoms with Crippen molar-refractivity contribution in [1.29, 1.82) is 0 Å². The molecule has 0 unspecified atom stereocenters. The molecule has 3 aromatic carbocycles. The van der Waals surface area contributed by atoms with E-state index in [0.29, 0.717) is 12.1 Å². The number of rotatable bonds is 6. The summed E-state index contributed by atoms with van der Waals surface area (Å²) in [6.07, 6.45) is 0. The Bertz CT molecular complexity index is 925. The summed E-state index contributed by atoms with van der Waals surface area (Å²) in [5, 5.41) is 5.73. The maximum absolute atomic E-state index is 12.6. The fourth-order valence-corrected chi connectivity index (χ4v) is 3.39. The molecule has 5 heteroatoms. The molecular weight excluding hydrogens is 356 g/mol. The molecule has 4 nitrogen and oxygen atoms in total. The molecule has 2 amide bonds. The number of hydrogen-bond donors (Lipinski definition) is 2. The molecule has 0 heterocycles. The van der Waals surface area contributed by atoms with Gasteiger partial charge in [-0.1, -0.05) is 54.2 Å². The van der Waals surface area contributed by atoms with Crippen LogP contribution in [-0.4, -0.2) is 11.8 Å². The minimum absolute atomic E-state index is 0.0793. The Morgan fingerprint density at radius 2 is 1.52 bits per heavy atom. The first kappa shape index (κ1) is 18.7. The molecule has 136 valence electrons. The zero-order valence-electron chi connectivity index (χ0n) is 14.9. The summed E-state index contributed by atoms with van der Waals surface area (Å²) in [4.78, 5) is 25.7. The van der Waals surface area contributed by atoms with Gasteiger partial charge in [0.25, 0.3) is 5.91 Å². The van der Waals surface area contributed by atoms with E-state index in [1.165, 1.54) is 6.92 Å². The second-order valence-electron chi connectivity index (χ2n) is 5.97. The number of amides is 2. The van der Waals surface area contributed by atoms with Crippen molar-refractivity contribution in [2.45, 2.75) is 23.3 Å². The zero-order valence-corrected chi connectivity index (χ0v) is 15.8. The fourth-order valence-electron chi connectivity index (χ4n) is 2.47. The monoisotopic (exact) mass is 376 g/mol. The number of para-hydroxylation sites is 1. The van der Waals surface area contributed by atoms with Crippen molar-refractivity contribution < 1.29 is 9.59 Å². The van der Waals surface area contributed by atoms with Crippen LogP contribution >= 0.6 is 11.8 Å². The lowest BCUT2D eigenvalue weighted by Crippen LogP contribution is -2.19. The predicted molar refractivity (Wildman–Crippen MR) is 109 cm³/mol. The lowest BCUT2D eigenvalue weighted by Gasteiger charge is -2.11. The van der Waals surface area contributed by atoms with Gasteiger partial charge >= 0.3 is 0 Å². The molecule has 3 aromatic rings. The molecule has 0 spiro atoms. The molecule has 0 saturated heterocycles. The number of hydrogen-bond acceptors (Lipinski definition) is 3. The van der Waals surface area contributed by atoms with E-state index in [1.807, 2.05) is 66.7 Å². The first-order valence-electron chi connectivity index (χ1n) is 8.58. The summed E-state index contributed by atoms with van der Waals surface area (Å²) >= 11 is 1.61. The van der Waals surface area contributed by atoms with Gasteiger partial charge in [0.1, 0.15) is 0 Å². The van der Waals surface area contributed by atoms with Crippen molar-refractivity contribution in [1.82, 2.24) is 5.32 Å². The van der Waals surface area contributed by atoms with Crippen molar-refractivity contribution >= 4 is 29.3 Å². The number of anilines is 1. The minimum atomic E-state index is -0.165. The lowest BCUT2D eigenvalue weighted by molar-refractivity contribution is -0.119. The van der Waals surface area contributed by atoms with Crippen molar-refractivity contribution in [2.24, 2.45) is 0 Å². The largest absolute Gasteiger partial charge is 0.352 e. The Morgan fingerprint density at radius 1 is 0.852 bits per heavy atom. The number of nitrogens with one attached hydrogen (secondary N) is 2. The van der Waals surface area contributed by atoms with Crippen LogP contribution in [0.15, 0.2) is 88.7 Å². The number of carbonyl (C=O) groups is 2. The standard InChI is InChI=1S/C22H20N2O2S/c1-16(25)23-15-17-11-13-18(14-12-17)22(26)24-20-9-5-6-10-21(20)27-19-7-3-2-4-8-19/h2-14H,15H2,1H3,(H,23,25)(H,24,26). The third-order valence-corrected chi connectivity index (χ3v) is 4.95. The Kier molecular flexibility index (Phi) is 6.28. The van der Waals surface area contributed by atoms with Crippen LogP contribution in [0.1, 0.15) is 22.8 Å². The van der Waals surface area contributed by atoms with Crippen LogP contribution in [0.3, 0.4) is 0 Å². The lowest BCUT2D eigenvalue weighted by atomic mass is 10.1. The molecule has 0 bridgehead atoms. The zero-order chi connectivity index (χ0) is 19.1. The second kappa shape index (κ2) is 9.05. The summed E-state index contributed by atoms with van der Waals surface area (Å²) in [7, 11) is 0. The van der Waals surface area contributed by atoms with Gasteiger partial charge in [0.15, 0.2) is 0 Å². The Morgan fingerprint density at radius 3 is 2.22 bits per heavy atom. The van der Waals surface area contributed by atoms with Gasteiger partial charge < -0.3 is 10.6 Å². The van der Waals surface area contributed by atoms with Gasteiger partial charge in [-0.05, 0) is 42.0 Å². The van der Waals surface area contributed by atoms with Crippen LogP contribution in [-0.2, 0) is 11.3 Å². The van der Waals surface area contributed by atoms with Gasteiger partial charge in [0.05, 0.1) is 5.69 Å². The molecule has 3 rings (SSSR count). The van der Waals surface area contributed by atoms with Crippen molar-refractivity contribution in [3.63, 3.8) is 0 Å². The van der Waals surface area contributed by atoms with Crippen LogP contribution in [0.25, 0.3) is 0 Å². The van der Waals surface area contributed by atoms with E-state index in [-0.39, 0.29) is 11.8 Å². The van der Waals surface area contributed by atoms with Crippen LogP contribution in [0, 0.1) is 0 Å². The Balaban J connectivity index is 1.70. The molecule has 2 N–H and O–H groups in total. The summed E-state index contributed by atoms with van der Waals surface area (Å²) in [5.74, 6) is -0.244. The maximum atomic E-state index is 12.6.